The van der Waals surface area contributed by atoms with E-state index >= 15 is 0 Å². The quantitative estimate of drug-likeness (QED) is 0.186. The lowest BCUT2D eigenvalue weighted by Gasteiger charge is -2.62. The number of hydroxylamine groups is 2. The second-order valence-corrected chi connectivity index (χ2v) is 18.2. The molecule has 7 rings (SSSR count). The van der Waals surface area contributed by atoms with Gasteiger partial charge < -0.3 is 40.1 Å². The lowest BCUT2D eigenvalue weighted by Crippen LogP contribution is -2.62. The van der Waals surface area contributed by atoms with Crippen molar-refractivity contribution in [2.45, 2.75) is 89.9 Å². The van der Waals surface area contributed by atoms with Gasteiger partial charge in [0.05, 0.1) is 38.5 Å². The van der Waals surface area contributed by atoms with Gasteiger partial charge in [-0.05, 0) is 87.2 Å². The van der Waals surface area contributed by atoms with Crippen LogP contribution < -0.4 is 20.3 Å². The zero-order valence-corrected chi connectivity index (χ0v) is 36.1. The minimum Gasteiger partial charge on any atom is -0.496 e. The van der Waals surface area contributed by atoms with E-state index in [0.29, 0.717) is 35.6 Å². The molecule has 4 N–H and O–H groups in total. The lowest BCUT2D eigenvalue weighted by molar-refractivity contribution is -0.183. The van der Waals surface area contributed by atoms with Gasteiger partial charge in [-0.15, -0.1) is 0 Å². The van der Waals surface area contributed by atoms with Crippen molar-refractivity contribution < 1.29 is 34.1 Å². The number of aliphatic hydroxyl groups is 2. The van der Waals surface area contributed by atoms with Crippen molar-refractivity contribution in [1.82, 2.24) is 20.6 Å². The molecular formula is C46H67N5O7. The molecule has 3 saturated carbocycles. The van der Waals surface area contributed by atoms with Crippen molar-refractivity contribution in [3.63, 3.8) is 0 Å². The molecule has 2 aromatic carbocycles. The molecule has 58 heavy (non-hydrogen) atoms. The number of rotatable bonds is 16. The van der Waals surface area contributed by atoms with Gasteiger partial charge in [-0.2, -0.15) is 5.06 Å². The highest BCUT2D eigenvalue weighted by atomic mass is 16.7. The third-order valence-corrected chi connectivity index (χ3v) is 13.7. The Morgan fingerprint density at radius 3 is 2.43 bits per heavy atom. The van der Waals surface area contributed by atoms with E-state index in [2.05, 4.69) is 48.5 Å². The number of carbonyl (C=O) groups excluding carboxylic acids is 2. The lowest BCUT2D eigenvalue weighted by atomic mass is 9.45. The first-order valence-corrected chi connectivity index (χ1v) is 20.9. The maximum Gasteiger partial charge on any atom is 0.251 e. The van der Waals surface area contributed by atoms with Gasteiger partial charge in [-0.3, -0.25) is 14.4 Å². The molecule has 318 valence electrons. The number of benzene rings is 2. The molecule has 12 nitrogen and oxygen atoms in total. The van der Waals surface area contributed by atoms with Crippen molar-refractivity contribution in [2.24, 2.45) is 35.0 Å². The van der Waals surface area contributed by atoms with Crippen LogP contribution in [0.4, 0.5) is 5.69 Å². The zero-order chi connectivity index (χ0) is 42.1. The average Bonchev–Trinajstić information content (AvgIpc) is 3.57. The molecule has 1 aliphatic heterocycles. The number of anilines is 1. The number of carbonyl (C=O) groups is 2. The number of hydrogen-bond donors (Lipinski definition) is 4. The second-order valence-electron chi connectivity index (χ2n) is 18.2. The number of nitrogens with one attached hydrogen (secondary N) is 2. The number of ether oxygens (including phenoxy) is 2. The fourth-order valence-electron chi connectivity index (χ4n) is 10.3. The maximum absolute atomic E-state index is 14.3. The van der Waals surface area contributed by atoms with Gasteiger partial charge in [-0.1, -0.05) is 63.3 Å². The predicted octanol–water partition coefficient (Wildman–Crippen LogP) is 4.90. The average molecular weight is 802 g/mol. The Morgan fingerprint density at radius 2 is 1.84 bits per heavy atom. The van der Waals surface area contributed by atoms with Gasteiger partial charge in [0.1, 0.15) is 17.9 Å². The predicted molar refractivity (Wildman–Crippen MR) is 227 cm³/mol. The number of aliphatic hydroxyl groups excluding tert-OH is 2. The number of likely N-dealkylation sites (N-methyl/N-ethyl adjacent to an activating group) is 1. The van der Waals surface area contributed by atoms with Crippen LogP contribution in [0.2, 0.25) is 0 Å². The third kappa shape index (κ3) is 8.88. The van der Waals surface area contributed by atoms with Crippen molar-refractivity contribution >= 4 is 17.5 Å². The number of para-hydroxylation sites is 1. The molecule has 1 unspecified atom stereocenters. The SMILES string of the molecule is COc1c(CN2O[C@@H](CO)[C@@H]([C@H](C)O)[C@H]2C(=O)N[C@H]2C[C@H]3C[C@@H]([C@@H]2C)C3(C)C)cccc1-c1cc(C(=O)N[C@H](CN(C)C)[C@H](OC)C2C=CC=CC2)cc(N(C)C)c1. The Morgan fingerprint density at radius 1 is 1.09 bits per heavy atom. The van der Waals surface area contributed by atoms with E-state index in [0.717, 1.165) is 35.2 Å². The Balaban J connectivity index is 1.29. The molecule has 0 spiro atoms. The molecule has 12 heteroatoms. The maximum atomic E-state index is 14.3. The summed E-state index contributed by atoms with van der Waals surface area (Å²) in [6, 6.07) is 10.5. The van der Waals surface area contributed by atoms with Crippen molar-refractivity contribution in [3.8, 4) is 16.9 Å². The molecule has 1 saturated heterocycles. The number of hydrogen-bond acceptors (Lipinski definition) is 10. The summed E-state index contributed by atoms with van der Waals surface area (Å²) in [7, 11) is 11.2. The molecule has 4 fully saturated rings. The van der Waals surface area contributed by atoms with Gasteiger partial charge in [0, 0.05) is 68.0 Å². The van der Waals surface area contributed by atoms with Gasteiger partial charge >= 0.3 is 0 Å². The summed E-state index contributed by atoms with van der Waals surface area (Å²) in [6.07, 6.45) is 9.38. The highest BCUT2D eigenvalue weighted by Crippen LogP contribution is 2.61. The topological polar surface area (TPSA) is 136 Å². The van der Waals surface area contributed by atoms with E-state index in [9.17, 15) is 19.8 Å². The molecule has 5 aliphatic rings. The minimum atomic E-state index is -0.909. The fourth-order valence-corrected chi connectivity index (χ4v) is 10.3. The number of amides is 2. The summed E-state index contributed by atoms with van der Waals surface area (Å²) in [5.41, 5.74) is 3.90. The Hall–Kier alpha value is -3.78. The Bertz CT molecular complexity index is 1830. The Kier molecular flexibility index (Phi) is 13.8. The summed E-state index contributed by atoms with van der Waals surface area (Å²) < 4.78 is 12.2. The van der Waals surface area contributed by atoms with E-state index in [4.69, 9.17) is 14.3 Å². The van der Waals surface area contributed by atoms with Crippen molar-refractivity contribution in [3.05, 3.63) is 71.8 Å². The van der Waals surface area contributed by atoms with Crippen LogP contribution in [0.3, 0.4) is 0 Å². The molecular weight excluding hydrogens is 735 g/mol. The van der Waals surface area contributed by atoms with Gasteiger partial charge in [0.25, 0.3) is 5.91 Å². The first-order chi connectivity index (χ1) is 27.6. The van der Waals surface area contributed by atoms with Crippen LogP contribution in [0, 0.1) is 35.0 Å². The zero-order valence-electron chi connectivity index (χ0n) is 36.1. The van der Waals surface area contributed by atoms with Crippen LogP contribution in [0.5, 0.6) is 5.75 Å². The van der Waals surface area contributed by atoms with Gasteiger partial charge in [-0.25, -0.2) is 0 Å². The van der Waals surface area contributed by atoms with Crippen molar-refractivity contribution in [2.75, 3.05) is 60.5 Å². The fraction of sp³-hybridized carbons (Fsp3) is 0.609. The Labute approximate surface area is 345 Å². The highest BCUT2D eigenvalue weighted by Gasteiger charge is 2.57. The second kappa shape index (κ2) is 18.2. The highest BCUT2D eigenvalue weighted by molar-refractivity contribution is 5.97. The summed E-state index contributed by atoms with van der Waals surface area (Å²) >= 11 is 0. The molecule has 2 amide bonds. The monoisotopic (exact) mass is 802 g/mol. The minimum absolute atomic E-state index is 0.0296. The number of methoxy groups -OCH3 is 2. The summed E-state index contributed by atoms with van der Waals surface area (Å²) in [5.74, 6) is 1.06. The first-order valence-electron chi connectivity index (χ1n) is 20.9. The summed E-state index contributed by atoms with van der Waals surface area (Å²) in [5, 5.41) is 29.7. The smallest absolute Gasteiger partial charge is 0.251 e. The van der Waals surface area contributed by atoms with Crippen LogP contribution in [0.1, 0.15) is 62.9 Å². The molecule has 4 aliphatic carbocycles. The van der Waals surface area contributed by atoms with E-state index in [1.165, 1.54) is 6.42 Å². The van der Waals surface area contributed by atoms with E-state index < -0.39 is 24.2 Å². The summed E-state index contributed by atoms with van der Waals surface area (Å²) in [4.78, 5) is 38.9. The third-order valence-electron chi connectivity index (χ3n) is 13.7. The standard InChI is InChI=1S/C46H67N5O7/c1-27-36-22-33(46(36,3)4)23-37(27)47-45(55)41-40(28(2)53)39(26-52)58-51(41)24-30-17-14-18-35(42(30)56-9)31-19-32(21-34(20-31)50(7)8)44(54)48-38(25-49(5)6)43(57-10)29-15-12-11-13-16-29/h11-15,17-21,27-29,33,36-41,43,52-53H,16,22-26H2,1-10H3,(H,47,55)(H,48,54)/t27-,28-,29?,33+,36-,37-,38+,39-,40+,41-,43+/m0/s1. The van der Waals surface area contributed by atoms with E-state index in [-0.39, 0.29) is 54.5 Å². The van der Waals surface area contributed by atoms with Crippen LogP contribution in [0.15, 0.2) is 60.7 Å². The van der Waals surface area contributed by atoms with Gasteiger partial charge in [0.2, 0.25) is 5.91 Å². The van der Waals surface area contributed by atoms with Crippen LogP contribution in [-0.2, 0) is 20.9 Å². The van der Waals surface area contributed by atoms with E-state index in [1.54, 1.807) is 26.2 Å². The van der Waals surface area contributed by atoms with Crippen molar-refractivity contribution in [1.29, 1.82) is 0 Å². The first kappa shape index (κ1) is 43.8. The molecule has 11 atom stereocenters. The van der Waals surface area contributed by atoms with Gasteiger partial charge in [0.15, 0.2) is 0 Å². The number of allylic oxidation sites excluding steroid dienone is 3. The normalized spacial score (nSPS) is 29.1. The molecule has 2 aromatic rings. The molecule has 0 radical (unpaired) electrons. The summed E-state index contributed by atoms with van der Waals surface area (Å²) in [6.45, 7) is 8.97. The van der Waals surface area contributed by atoms with Crippen LogP contribution >= 0.6 is 0 Å². The largest absolute Gasteiger partial charge is 0.496 e. The number of nitrogens with zero attached hydrogens (tertiary/aromatic N) is 3. The molecule has 0 aromatic heterocycles. The van der Waals surface area contributed by atoms with E-state index in [1.807, 2.05) is 81.6 Å². The van der Waals surface area contributed by atoms with Crippen LogP contribution in [-0.4, -0.2) is 124 Å². The number of fused-ring (bicyclic) bond motifs is 2. The molecule has 1 heterocycles. The van der Waals surface area contributed by atoms with Crippen LogP contribution in [0.25, 0.3) is 11.1 Å². The molecule has 2 bridgehead atoms.